The Morgan fingerprint density at radius 1 is 1.25 bits per heavy atom. The number of fused-ring (bicyclic) bond motifs is 1. The second kappa shape index (κ2) is 6.17. The van der Waals surface area contributed by atoms with Crippen molar-refractivity contribution >= 4 is 17.4 Å². The summed E-state index contributed by atoms with van der Waals surface area (Å²) in [6.07, 6.45) is 3.68. The standard InChI is InChI=1S/C16H25NO2S/c1-6-7-8-16(2,3)17-11-20-14-10-12(18-4)9-13(19-5)15(14)17/h9-10H,6-8,11H2,1-5H3. The summed E-state index contributed by atoms with van der Waals surface area (Å²) < 4.78 is 11.0. The maximum absolute atomic E-state index is 5.59. The smallest absolute Gasteiger partial charge is 0.147 e. The molecule has 20 heavy (non-hydrogen) atoms. The second-order valence-corrected chi connectivity index (χ2v) is 6.78. The number of thioether (sulfide) groups is 1. The molecule has 1 aromatic carbocycles. The lowest BCUT2D eigenvalue weighted by atomic mass is 9.95. The molecule has 0 unspecified atom stereocenters. The highest BCUT2D eigenvalue weighted by molar-refractivity contribution is 7.99. The third-order valence-corrected chi connectivity index (χ3v) is 4.97. The number of unbranched alkanes of at least 4 members (excludes halogenated alkanes) is 1. The van der Waals surface area contributed by atoms with Crippen molar-refractivity contribution in [3.05, 3.63) is 12.1 Å². The Kier molecular flexibility index (Phi) is 4.74. The van der Waals surface area contributed by atoms with E-state index in [9.17, 15) is 0 Å². The maximum atomic E-state index is 5.59. The Morgan fingerprint density at radius 3 is 2.60 bits per heavy atom. The number of hydrogen-bond donors (Lipinski definition) is 0. The van der Waals surface area contributed by atoms with Crippen molar-refractivity contribution < 1.29 is 9.47 Å². The molecule has 4 heteroatoms. The van der Waals surface area contributed by atoms with Crippen LogP contribution in [0.5, 0.6) is 11.5 Å². The van der Waals surface area contributed by atoms with Gasteiger partial charge in [0.1, 0.15) is 11.5 Å². The van der Waals surface area contributed by atoms with E-state index in [2.05, 4.69) is 31.7 Å². The minimum atomic E-state index is 0.149. The maximum Gasteiger partial charge on any atom is 0.147 e. The van der Waals surface area contributed by atoms with Gasteiger partial charge in [-0.25, -0.2) is 0 Å². The summed E-state index contributed by atoms with van der Waals surface area (Å²) >= 11 is 1.86. The average Bonchev–Trinajstić information content (AvgIpc) is 2.88. The van der Waals surface area contributed by atoms with Gasteiger partial charge < -0.3 is 14.4 Å². The molecule has 112 valence electrons. The van der Waals surface area contributed by atoms with E-state index in [-0.39, 0.29) is 5.54 Å². The molecule has 0 atom stereocenters. The summed E-state index contributed by atoms with van der Waals surface area (Å²) in [4.78, 5) is 3.73. The van der Waals surface area contributed by atoms with E-state index in [0.29, 0.717) is 0 Å². The van der Waals surface area contributed by atoms with Gasteiger partial charge in [0.25, 0.3) is 0 Å². The zero-order valence-corrected chi connectivity index (χ0v) is 14.0. The lowest BCUT2D eigenvalue weighted by Crippen LogP contribution is -2.42. The van der Waals surface area contributed by atoms with Crippen molar-refractivity contribution in [3.63, 3.8) is 0 Å². The lowest BCUT2D eigenvalue weighted by Gasteiger charge is -2.38. The van der Waals surface area contributed by atoms with Crippen molar-refractivity contribution in [1.82, 2.24) is 0 Å². The fraction of sp³-hybridized carbons (Fsp3) is 0.625. The van der Waals surface area contributed by atoms with Gasteiger partial charge in [-0.15, -0.1) is 11.8 Å². The molecule has 0 aliphatic carbocycles. The number of nitrogens with zero attached hydrogens (tertiary/aromatic N) is 1. The predicted molar refractivity (Wildman–Crippen MR) is 86.4 cm³/mol. The molecule has 0 fully saturated rings. The highest BCUT2D eigenvalue weighted by Crippen LogP contribution is 2.50. The third-order valence-electron chi connectivity index (χ3n) is 3.96. The molecule has 0 spiro atoms. The first kappa shape index (κ1) is 15.4. The second-order valence-electron chi connectivity index (χ2n) is 5.79. The normalized spacial score (nSPS) is 14.3. The molecule has 0 aromatic heterocycles. The van der Waals surface area contributed by atoms with Crippen LogP contribution in [-0.4, -0.2) is 25.6 Å². The molecule has 2 rings (SSSR count). The minimum absolute atomic E-state index is 0.149. The van der Waals surface area contributed by atoms with Crippen LogP contribution >= 0.6 is 11.8 Å². The first-order valence-corrected chi connectivity index (χ1v) is 8.18. The van der Waals surface area contributed by atoms with Crippen LogP contribution in [0.1, 0.15) is 40.0 Å². The minimum Gasteiger partial charge on any atom is -0.497 e. The SMILES string of the molecule is CCCCC(C)(C)N1CSc2cc(OC)cc(OC)c21. The van der Waals surface area contributed by atoms with E-state index in [1.807, 2.05) is 17.8 Å². The Bertz CT molecular complexity index is 474. The summed E-state index contributed by atoms with van der Waals surface area (Å²) in [5, 5.41) is 0. The van der Waals surface area contributed by atoms with Crippen LogP contribution in [-0.2, 0) is 0 Å². The molecule has 0 radical (unpaired) electrons. The Morgan fingerprint density at radius 2 is 2.00 bits per heavy atom. The van der Waals surface area contributed by atoms with E-state index >= 15 is 0 Å². The monoisotopic (exact) mass is 295 g/mol. The van der Waals surface area contributed by atoms with Gasteiger partial charge in [0.2, 0.25) is 0 Å². The van der Waals surface area contributed by atoms with Crippen molar-refractivity contribution in [2.24, 2.45) is 0 Å². The van der Waals surface area contributed by atoms with Crippen molar-refractivity contribution in [2.45, 2.75) is 50.5 Å². The zero-order chi connectivity index (χ0) is 14.8. The molecule has 0 N–H and O–H groups in total. The first-order valence-electron chi connectivity index (χ1n) is 7.20. The summed E-state index contributed by atoms with van der Waals surface area (Å²) in [6.45, 7) is 6.89. The van der Waals surface area contributed by atoms with Gasteiger partial charge in [-0.05, 0) is 26.3 Å². The number of ether oxygens (including phenoxy) is 2. The first-order chi connectivity index (χ1) is 9.53. The van der Waals surface area contributed by atoms with E-state index < -0.39 is 0 Å². The third kappa shape index (κ3) is 2.85. The van der Waals surface area contributed by atoms with Crippen molar-refractivity contribution in [3.8, 4) is 11.5 Å². The van der Waals surface area contributed by atoms with E-state index in [1.165, 1.54) is 29.8 Å². The number of methoxy groups -OCH3 is 2. The van der Waals surface area contributed by atoms with Crippen LogP contribution < -0.4 is 14.4 Å². The molecule has 3 nitrogen and oxygen atoms in total. The van der Waals surface area contributed by atoms with E-state index in [1.54, 1.807) is 14.2 Å². The highest BCUT2D eigenvalue weighted by Gasteiger charge is 2.34. The lowest BCUT2D eigenvalue weighted by molar-refractivity contribution is 0.384. The van der Waals surface area contributed by atoms with Gasteiger partial charge in [0.15, 0.2) is 0 Å². The molecule has 1 heterocycles. The molecule has 0 saturated carbocycles. The molecule has 0 bridgehead atoms. The van der Waals surface area contributed by atoms with Crippen molar-refractivity contribution in [2.75, 3.05) is 25.0 Å². The summed E-state index contributed by atoms with van der Waals surface area (Å²) in [5.74, 6) is 2.76. The Hall–Kier alpha value is -1.03. The molecule has 1 aliphatic heterocycles. The number of benzene rings is 1. The van der Waals surface area contributed by atoms with Gasteiger partial charge in [0, 0.05) is 16.5 Å². The van der Waals surface area contributed by atoms with Gasteiger partial charge in [0.05, 0.1) is 25.8 Å². The number of rotatable bonds is 6. The van der Waals surface area contributed by atoms with Gasteiger partial charge in [-0.2, -0.15) is 0 Å². The van der Waals surface area contributed by atoms with E-state index in [0.717, 1.165) is 17.4 Å². The van der Waals surface area contributed by atoms with Crippen LogP contribution in [0.2, 0.25) is 0 Å². The van der Waals surface area contributed by atoms with Crippen LogP contribution in [0.3, 0.4) is 0 Å². The molecule has 1 aromatic rings. The summed E-state index contributed by atoms with van der Waals surface area (Å²) in [6, 6.07) is 4.09. The molecular weight excluding hydrogens is 270 g/mol. The topological polar surface area (TPSA) is 21.7 Å². The Balaban J connectivity index is 2.36. The van der Waals surface area contributed by atoms with Crippen LogP contribution in [0.4, 0.5) is 5.69 Å². The van der Waals surface area contributed by atoms with Crippen LogP contribution in [0.25, 0.3) is 0 Å². The van der Waals surface area contributed by atoms with Gasteiger partial charge in [-0.1, -0.05) is 19.8 Å². The van der Waals surface area contributed by atoms with Crippen LogP contribution in [0, 0.1) is 0 Å². The van der Waals surface area contributed by atoms with Gasteiger partial charge >= 0.3 is 0 Å². The van der Waals surface area contributed by atoms with E-state index in [4.69, 9.17) is 9.47 Å². The number of anilines is 1. The zero-order valence-electron chi connectivity index (χ0n) is 13.2. The quantitative estimate of drug-likeness (QED) is 0.768. The summed E-state index contributed by atoms with van der Waals surface area (Å²) in [7, 11) is 3.43. The largest absolute Gasteiger partial charge is 0.497 e. The average molecular weight is 295 g/mol. The number of hydrogen-bond acceptors (Lipinski definition) is 4. The van der Waals surface area contributed by atoms with Gasteiger partial charge in [-0.3, -0.25) is 0 Å². The molecular formula is C16H25NO2S. The molecule has 0 saturated heterocycles. The van der Waals surface area contributed by atoms with Crippen molar-refractivity contribution in [1.29, 1.82) is 0 Å². The van der Waals surface area contributed by atoms with Crippen LogP contribution in [0.15, 0.2) is 17.0 Å². The highest BCUT2D eigenvalue weighted by atomic mass is 32.2. The molecule has 0 amide bonds. The predicted octanol–water partition coefficient (Wildman–Crippen LogP) is 4.54. The fourth-order valence-corrected chi connectivity index (χ4v) is 3.92. The fourth-order valence-electron chi connectivity index (χ4n) is 2.63. The Labute approximate surface area is 126 Å². The summed E-state index contributed by atoms with van der Waals surface area (Å²) in [5.41, 5.74) is 1.37. The molecule has 1 aliphatic rings.